The molecule has 0 aromatic rings. The summed E-state index contributed by atoms with van der Waals surface area (Å²) < 4.78 is 24.3. The number of nitrogens with one attached hydrogen (secondary N) is 1. The molecule has 1 N–H and O–H groups in total. The third-order valence-electron chi connectivity index (χ3n) is 4.04. The maximum absolute atomic E-state index is 12.3. The summed E-state index contributed by atoms with van der Waals surface area (Å²) in [5, 5.41) is 3.30. The van der Waals surface area contributed by atoms with Gasteiger partial charge < -0.3 is 10.2 Å². The summed E-state index contributed by atoms with van der Waals surface area (Å²) in [6.45, 7) is 7.05. The van der Waals surface area contributed by atoms with E-state index in [2.05, 4.69) is 17.1 Å². The van der Waals surface area contributed by atoms with Gasteiger partial charge >= 0.3 is 0 Å². The van der Waals surface area contributed by atoms with Crippen LogP contribution >= 0.6 is 0 Å². The smallest absolute Gasteiger partial charge is 0.236 e. The highest BCUT2D eigenvalue weighted by molar-refractivity contribution is 7.88. The van der Waals surface area contributed by atoms with E-state index < -0.39 is 10.0 Å². The molecular formula is C12H24N4O3S. The van der Waals surface area contributed by atoms with Crippen LogP contribution in [0, 0.1) is 0 Å². The van der Waals surface area contributed by atoms with Crippen LogP contribution in [0.25, 0.3) is 0 Å². The van der Waals surface area contributed by atoms with Gasteiger partial charge in [-0.25, -0.2) is 8.42 Å². The number of nitrogens with zero attached hydrogens (tertiary/aromatic N) is 3. The first-order valence-electron chi connectivity index (χ1n) is 7.05. The molecule has 0 aromatic carbocycles. The van der Waals surface area contributed by atoms with Crippen LogP contribution < -0.4 is 5.32 Å². The predicted molar refractivity (Wildman–Crippen MR) is 76.9 cm³/mol. The molecule has 1 atom stereocenters. The molecule has 1 amide bonds. The minimum Gasteiger partial charge on any atom is -0.339 e. The number of rotatable bonds is 3. The Hall–Kier alpha value is -0.700. The number of hydrogen-bond acceptors (Lipinski definition) is 5. The van der Waals surface area contributed by atoms with Gasteiger partial charge in [-0.15, -0.1) is 0 Å². The first-order valence-corrected chi connectivity index (χ1v) is 8.90. The van der Waals surface area contributed by atoms with Crippen molar-refractivity contribution in [1.82, 2.24) is 19.4 Å². The lowest BCUT2D eigenvalue weighted by molar-refractivity contribution is -0.134. The van der Waals surface area contributed by atoms with Gasteiger partial charge in [0.1, 0.15) is 0 Å². The van der Waals surface area contributed by atoms with Gasteiger partial charge in [0.25, 0.3) is 0 Å². The Morgan fingerprint density at radius 1 is 1.20 bits per heavy atom. The molecule has 0 bridgehead atoms. The van der Waals surface area contributed by atoms with Crippen LogP contribution in [-0.2, 0) is 14.8 Å². The molecule has 20 heavy (non-hydrogen) atoms. The lowest BCUT2D eigenvalue weighted by Crippen LogP contribution is -2.56. The van der Waals surface area contributed by atoms with E-state index in [0.29, 0.717) is 38.8 Å². The summed E-state index contributed by atoms with van der Waals surface area (Å²) in [6, 6.07) is 0.366. The van der Waals surface area contributed by atoms with E-state index in [9.17, 15) is 13.2 Å². The van der Waals surface area contributed by atoms with Crippen molar-refractivity contribution in [1.29, 1.82) is 0 Å². The summed E-state index contributed by atoms with van der Waals surface area (Å²) in [5.41, 5.74) is 0. The minimum atomic E-state index is -3.13. The summed E-state index contributed by atoms with van der Waals surface area (Å²) >= 11 is 0. The van der Waals surface area contributed by atoms with E-state index in [-0.39, 0.29) is 5.91 Å². The molecule has 2 fully saturated rings. The van der Waals surface area contributed by atoms with Crippen molar-refractivity contribution in [3.8, 4) is 0 Å². The average Bonchev–Trinajstić information content (AvgIpc) is 2.40. The molecule has 0 radical (unpaired) electrons. The molecule has 116 valence electrons. The quantitative estimate of drug-likeness (QED) is 0.679. The molecule has 2 heterocycles. The van der Waals surface area contributed by atoms with Crippen LogP contribution in [0.5, 0.6) is 0 Å². The molecule has 0 spiro atoms. The first kappa shape index (κ1) is 15.7. The van der Waals surface area contributed by atoms with Gasteiger partial charge in [-0.3, -0.25) is 9.69 Å². The zero-order chi connectivity index (χ0) is 14.8. The standard InChI is InChI=1S/C12H24N4O3S/c1-11-9-13-3-4-15(11)10-12(17)14-5-7-16(8-6-14)20(2,18)19/h11,13H,3-10H2,1-2H3. The molecule has 7 nitrogen and oxygen atoms in total. The van der Waals surface area contributed by atoms with E-state index >= 15 is 0 Å². The minimum absolute atomic E-state index is 0.104. The molecule has 2 aliphatic rings. The Morgan fingerprint density at radius 3 is 2.40 bits per heavy atom. The molecule has 1 unspecified atom stereocenters. The van der Waals surface area contributed by atoms with Crippen LogP contribution in [0.3, 0.4) is 0 Å². The Labute approximate surface area is 120 Å². The number of hydrogen-bond donors (Lipinski definition) is 1. The third kappa shape index (κ3) is 3.91. The van der Waals surface area contributed by atoms with Crippen LogP contribution in [0.2, 0.25) is 0 Å². The van der Waals surface area contributed by atoms with Crippen molar-refractivity contribution < 1.29 is 13.2 Å². The third-order valence-corrected chi connectivity index (χ3v) is 5.34. The van der Waals surface area contributed by atoms with Crippen molar-refractivity contribution >= 4 is 15.9 Å². The molecule has 0 aromatic heterocycles. The van der Waals surface area contributed by atoms with Gasteiger partial charge in [-0.05, 0) is 6.92 Å². The summed E-state index contributed by atoms with van der Waals surface area (Å²) in [7, 11) is -3.13. The van der Waals surface area contributed by atoms with Gasteiger partial charge in [0.2, 0.25) is 15.9 Å². The fourth-order valence-electron chi connectivity index (χ4n) is 2.66. The number of carbonyl (C=O) groups is 1. The monoisotopic (exact) mass is 304 g/mol. The fraction of sp³-hybridized carbons (Fsp3) is 0.917. The normalized spacial score (nSPS) is 26.7. The summed E-state index contributed by atoms with van der Waals surface area (Å²) in [4.78, 5) is 16.2. The van der Waals surface area contributed by atoms with E-state index in [1.54, 1.807) is 4.90 Å². The summed E-state index contributed by atoms with van der Waals surface area (Å²) in [5.74, 6) is 0.104. The zero-order valence-electron chi connectivity index (χ0n) is 12.2. The second-order valence-electron chi connectivity index (χ2n) is 5.57. The van der Waals surface area contributed by atoms with Gasteiger partial charge in [0, 0.05) is 51.9 Å². The highest BCUT2D eigenvalue weighted by Crippen LogP contribution is 2.08. The largest absolute Gasteiger partial charge is 0.339 e. The van der Waals surface area contributed by atoms with Crippen molar-refractivity contribution in [2.45, 2.75) is 13.0 Å². The topological polar surface area (TPSA) is 73.0 Å². The van der Waals surface area contributed by atoms with Crippen molar-refractivity contribution in [2.24, 2.45) is 0 Å². The molecule has 8 heteroatoms. The SMILES string of the molecule is CC1CNCCN1CC(=O)N1CCN(S(C)(=O)=O)CC1. The Balaban J connectivity index is 1.83. The van der Waals surface area contributed by atoms with Crippen LogP contribution in [-0.4, -0.2) is 93.1 Å². The lowest BCUT2D eigenvalue weighted by Gasteiger charge is -2.37. The maximum Gasteiger partial charge on any atom is 0.236 e. The second kappa shape index (κ2) is 6.38. The van der Waals surface area contributed by atoms with Crippen molar-refractivity contribution in [3.05, 3.63) is 0 Å². The number of sulfonamides is 1. The van der Waals surface area contributed by atoms with Gasteiger partial charge in [-0.2, -0.15) is 4.31 Å². The number of amides is 1. The Morgan fingerprint density at radius 2 is 1.85 bits per heavy atom. The highest BCUT2D eigenvalue weighted by atomic mass is 32.2. The van der Waals surface area contributed by atoms with E-state index in [4.69, 9.17) is 0 Å². The molecule has 2 saturated heterocycles. The van der Waals surface area contributed by atoms with E-state index in [1.807, 2.05) is 0 Å². The number of piperazine rings is 2. The van der Waals surface area contributed by atoms with Crippen LogP contribution in [0.1, 0.15) is 6.92 Å². The van der Waals surface area contributed by atoms with Crippen molar-refractivity contribution in [2.75, 3.05) is 58.6 Å². The molecule has 2 aliphatic heterocycles. The molecular weight excluding hydrogens is 280 g/mol. The zero-order valence-corrected chi connectivity index (χ0v) is 13.0. The summed E-state index contributed by atoms with van der Waals surface area (Å²) in [6.07, 6.45) is 1.22. The first-order chi connectivity index (χ1) is 9.38. The predicted octanol–water partition coefficient (Wildman–Crippen LogP) is -1.62. The van der Waals surface area contributed by atoms with Gasteiger partial charge in [0.15, 0.2) is 0 Å². The lowest BCUT2D eigenvalue weighted by atomic mass is 10.2. The van der Waals surface area contributed by atoms with E-state index in [0.717, 1.165) is 19.6 Å². The van der Waals surface area contributed by atoms with Crippen molar-refractivity contribution in [3.63, 3.8) is 0 Å². The fourth-order valence-corrected chi connectivity index (χ4v) is 3.49. The van der Waals surface area contributed by atoms with E-state index in [1.165, 1.54) is 10.6 Å². The highest BCUT2D eigenvalue weighted by Gasteiger charge is 2.28. The maximum atomic E-state index is 12.3. The van der Waals surface area contributed by atoms with Crippen LogP contribution in [0.15, 0.2) is 0 Å². The second-order valence-corrected chi connectivity index (χ2v) is 7.55. The molecule has 0 aliphatic carbocycles. The average molecular weight is 304 g/mol. The Bertz CT molecular complexity index is 446. The Kier molecular flexibility index (Phi) is 5.00. The number of carbonyl (C=O) groups excluding carboxylic acids is 1. The van der Waals surface area contributed by atoms with Crippen LogP contribution in [0.4, 0.5) is 0 Å². The van der Waals surface area contributed by atoms with Gasteiger partial charge in [0.05, 0.1) is 12.8 Å². The molecule has 0 saturated carbocycles. The molecule has 2 rings (SSSR count). The van der Waals surface area contributed by atoms with Gasteiger partial charge in [-0.1, -0.05) is 0 Å².